The van der Waals surface area contributed by atoms with Gasteiger partial charge in [-0.25, -0.2) is 9.97 Å². The molecule has 0 radical (unpaired) electrons. The molecule has 0 saturated carbocycles. The Kier molecular flexibility index (Phi) is 11.4. The lowest BCUT2D eigenvalue weighted by atomic mass is 9.78. The molecule has 0 unspecified atom stereocenters. The Morgan fingerprint density at radius 1 is 0.514 bits per heavy atom. The first-order valence-electron chi connectivity index (χ1n) is 25.9. The topological polar surface area (TPSA) is 51.4 Å². The minimum absolute atomic E-state index is 0.151. The fourth-order valence-electron chi connectivity index (χ4n) is 11.2. The largest absolute Gasteiger partial charge is 0.417 e. The van der Waals surface area contributed by atoms with Crippen molar-refractivity contribution in [3.63, 3.8) is 0 Å². The molecule has 74 heavy (non-hydrogen) atoms. The first-order valence-corrected chi connectivity index (χ1v) is 25.9. The van der Waals surface area contributed by atoms with Crippen LogP contribution in [0.25, 0.3) is 88.7 Å². The van der Waals surface area contributed by atoms with Gasteiger partial charge in [-0.3, -0.25) is 9.13 Å². The van der Waals surface area contributed by atoms with Gasteiger partial charge in [-0.15, -0.1) is 0 Å². The molecule has 0 bridgehead atoms. The zero-order chi connectivity index (χ0) is 52.4. The number of nitrogens with one attached hydrogen (secondary N) is 1. The highest BCUT2D eigenvalue weighted by molar-refractivity contribution is 6.14. The van der Waals surface area contributed by atoms with E-state index < -0.39 is 11.7 Å². The van der Waals surface area contributed by atoms with Crippen molar-refractivity contribution in [1.29, 1.82) is 0 Å². The third-order valence-electron chi connectivity index (χ3n) is 15.5. The Balaban J connectivity index is 1.21. The number of para-hydroxylation sites is 2. The van der Waals surface area contributed by atoms with Gasteiger partial charge in [0.15, 0.2) is 0 Å². The zero-order valence-electron chi connectivity index (χ0n) is 44.5. The Morgan fingerprint density at radius 2 is 1.16 bits per heavy atom. The molecule has 5 nitrogen and oxygen atoms in total. The van der Waals surface area contributed by atoms with E-state index in [1.165, 1.54) is 39.3 Å². The molecule has 0 aliphatic carbocycles. The molecular formula is C66H64F3N5. The molecule has 11 aromatic rings. The maximum absolute atomic E-state index is 14.7. The van der Waals surface area contributed by atoms with Crippen LogP contribution >= 0.6 is 0 Å². The van der Waals surface area contributed by atoms with Crippen LogP contribution in [0, 0.1) is 0 Å². The number of pyridine rings is 1. The normalized spacial score (nSPS) is 13.0. The highest BCUT2D eigenvalue weighted by Crippen LogP contribution is 2.45. The molecule has 11 rings (SSSR count). The number of nitrogens with zero attached hydrogens (tertiary/aromatic N) is 4. The number of halogens is 3. The number of hydrogen-bond acceptors (Lipinski definition) is 2. The van der Waals surface area contributed by atoms with Crippen LogP contribution in [0.2, 0.25) is 0 Å². The van der Waals surface area contributed by atoms with Gasteiger partial charge in [-0.05, 0) is 128 Å². The molecule has 4 heterocycles. The summed E-state index contributed by atoms with van der Waals surface area (Å²) < 4.78 is 48.7. The van der Waals surface area contributed by atoms with Gasteiger partial charge >= 0.3 is 6.18 Å². The molecule has 1 N–H and O–H groups in total. The van der Waals surface area contributed by atoms with Gasteiger partial charge in [0.05, 0.1) is 33.1 Å². The third-order valence-corrected chi connectivity index (χ3v) is 15.5. The third kappa shape index (κ3) is 8.09. The van der Waals surface area contributed by atoms with Crippen molar-refractivity contribution in [2.45, 2.75) is 117 Å². The van der Waals surface area contributed by atoms with Crippen molar-refractivity contribution in [1.82, 2.24) is 24.1 Å². The summed E-state index contributed by atoms with van der Waals surface area (Å²) in [6.45, 7) is 27.0. The van der Waals surface area contributed by atoms with E-state index in [2.05, 4.69) is 206 Å². The fourth-order valence-corrected chi connectivity index (χ4v) is 11.2. The quantitative estimate of drug-likeness (QED) is 0.165. The van der Waals surface area contributed by atoms with Gasteiger partial charge in [-0.1, -0.05) is 162 Å². The number of H-pyrrole nitrogens is 1. The van der Waals surface area contributed by atoms with Crippen LogP contribution in [0.5, 0.6) is 0 Å². The number of benzene rings is 7. The summed E-state index contributed by atoms with van der Waals surface area (Å²) in [5.74, 6) is 2.11. The minimum Gasteiger partial charge on any atom is -0.354 e. The minimum atomic E-state index is -4.54. The number of rotatable bonds is 8. The lowest BCUT2D eigenvalue weighted by molar-refractivity contribution is -0.136. The summed E-state index contributed by atoms with van der Waals surface area (Å²) in [6.07, 6.45) is -2.60. The molecule has 0 fully saturated rings. The summed E-state index contributed by atoms with van der Waals surface area (Å²) in [6, 6.07) is 49.7. The number of fused-ring (bicyclic) bond motifs is 7. The highest BCUT2D eigenvalue weighted by Gasteiger charge is 2.34. The Hall–Kier alpha value is -7.45. The van der Waals surface area contributed by atoms with E-state index >= 15 is 0 Å². The summed E-state index contributed by atoms with van der Waals surface area (Å²) in [5, 5.41) is 2.95. The van der Waals surface area contributed by atoms with E-state index in [0.717, 1.165) is 61.7 Å². The van der Waals surface area contributed by atoms with Gasteiger partial charge < -0.3 is 4.98 Å². The van der Waals surface area contributed by atoms with E-state index in [0.29, 0.717) is 39.6 Å². The smallest absolute Gasteiger partial charge is 0.354 e. The highest BCUT2D eigenvalue weighted by atomic mass is 19.4. The molecule has 7 aromatic carbocycles. The van der Waals surface area contributed by atoms with Crippen molar-refractivity contribution < 1.29 is 13.2 Å². The van der Waals surface area contributed by atoms with E-state index in [9.17, 15) is 13.2 Å². The second-order valence-corrected chi connectivity index (χ2v) is 23.6. The molecule has 8 heteroatoms. The fraction of sp³-hybridized carbons (Fsp3) is 0.273. The first kappa shape index (κ1) is 48.8. The maximum atomic E-state index is 14.7. The average Bonchev–Trinajstić information content (AvgIpc) is 4.05. The lowest BCUT2D eigenvalue weighted by Gasteiger charge is -2.27. The van der Waals surface area contributed by atoms with Crippen LogP contribution in [0.3, 0.4) is 0 Å². The molecule has 374 valence electrons. The second kappa shape index (κ2) is 17.3. The Bertz CT molecular complexity index is 3960. The summed E-state index contributed by atoms with van der Waals surface area (Å²) in [4.78, 5) is 14.2. The van der Waals surface area contributed by atoms with Crippen LogP contribution in [0.15, 0.2) is 152 Å². The van der Waals surface area contributed by atoms with Crippen LogP contribution in [0.1, 0.15) is 134 Å². The number of aromatic nitrogens is 5. The molecule has 0 aliphatic rings. The number of aromatic amines is 1. The molecule has 0 saturated heterocycles. The van der Waals surface area contributed by atoms with Gasteiger partial charge in [0.1, 0.15) is 11.6 Å². The van der Waals surface area contributed by atoms with E-state index in [4.69, 9.17) is 9.97 Å². The molecular weight excluding hydrogens is 920 g/mol. The maximum Gasteiger partial charge on any atom is 0.417 e. The van der Waals surface area contributed by atoms with Crippen molar-refractivity contribution in [2.24, 2.45) is 0 Å². The molecule has 0 spiro atoms. The van der Waals surface area contributed by atoms with E-state index in [1.54, 1.807) is 12.1 Å². The van der Waals surface area contributed by atoms with E-state index in [1.807, 2.05) is 18.3 Å². The van der Waals surface area contributed by atoms with Gasteiger partial charge in [-0.2, -0.15) is 13.2 Å². The van der Waals surface area contributed by atoms with Crippen molar-refractivity contribution >= 4 is 54.6 Å². The second-order valence-electron chi connectivity index (χ2n) is 23.6. The lowest BCUT2D eigenvalue weighted by Crippen LogP contribution is -2.19. The summed E-state index contributed by atoms with van der Waals surface area (Å²) in [5.41, 5.74) is 14.4. The van der Waals surface area contributed by atoms with E-state index in [-0.39, 0.29) is 21.6 Å². The van der Waals surface area contributed by atoms with Crippen molar-refractivity contribution in [2.75, 3.05) is 0 Å². The first-order chi connectivity index (χ1) is 35.0. The van der Waals surface area contributed by atoms with Gasteiger partial charge in [0.25, 0.3) is 0 Å². The number of alkyl halides is 3. The number of hydrogen-bond donors (Lipinski definition) is 1. The average molecular weight is 984 g/mol. The van der Waals surface area contributed by atoms with Crippen molar-refractivity contribution in [3.8, 4) is 34.0 Å². The Morgan fingerprint density at radius 3 is 1.84 bits per heavy atom. The monoisotopic (exact) mass is 984 g/mol. The predicted octanol–water partition coefficient (Wildman–Crippen LogP) is 18.7. The SMILES string of the molecule is CC(C)c1cc2c3ccc(-c4cccc5c4nc(-c4cccc6c4[nH]c4cccc(C(F)(F)F)c46)n5-c4cc(C(C)(C)C)cc(C(C)(C)C)c4)cc3n(-c3cc(C(C)(C)c4ccccc4)ccn3)c2cc1C(C)C. The molecule has 0 atom stereocenters. The van der Waals surface area contributed by atoms with Crippen LogP contribution in [0.4, 0.5) is 13.2 Å². The Labute approximate surface area is 432 Å². The zero-order valence-corrected chi connectivity index (χ0v) is 44.5. The standard InChI is InChI=1S/C66H64F3N5/c1-38(2)50-36-52-47-28-27-40(31-56(47)74(57(52)37-51(50)39(3)4)58-35-42(29-30-70-58)65(11,12)41-19-14-13-15-20-41)46-21-17-26-55-61(46)72-62(73(55)45-33-43(63(5,6)7)32-44(34-45)64(8,9)10)49-23-16-22-48-59-53(66(67,68)69)24-18-25-54(59)71-60(48)49/h13-39,71H,1-12H3. The summed E-state index contributed by atoms with van der Waals surface area (Å²) >= 11 is 0. The summed E-state index contributed by atoms with van der Waals surface area (Å²) in [7, 11) is 0. The van der Waals surface area contributed by atoms with Crippen molar-refractivity contribution in [3.05, 3.63) is 191 Å². The number of imidazole rings is 1. The molecule has 0 aliphatic heterocycles. The predicted molar refractivity (Wildman–Crippen MR) is 303 cm³/mol. The molecule has 0 amide bonds. The van der Waals surface area contributed by atoms with Gasteiger partial charge in [0, 0.05) is 55.5 Å². The van der Waals surface area contributed by atoms with Crippen LogP contribution in [-0.2, 0) is 22.4 Å². The van der Waals surface area contributed by atoms with Crippen LogP contribution in [-0.4, -0.2) is 24.1 Å². The molecule has 4 aromatic heterocycles. The van der Waals surface area contributed by atoms with Crippen LogP contribution < -0.4 is 0 Å². The van der Waals surface area contributed by atoms with Gasteiger partial charge in [0.2, 0.25) is 0 Å².